The van der Waals surface area contributed by atoms with E-state index < -0.39 is 17.7 Å². The molecule has 3 heterocycles. The van der Waals surface area contributed by atoms with E-state index in [4.69, 9.17) is 9.47 Å². The van der Waals surface area contributed by atoms with Crippen LogP contribution in [0.4, 0.5) is 20.4 Å². The van der Waals surface area contributed by atoms with Gasteiger partial charge in [0.2, 0.25) is 5.91 Å². The number of cyclic esters (lactones) is 1. The van der Waals surface area contributed by atoms with Gasteiger partial charge in [-0.25, -0.2) is 19.5 Å². The molecule has 9 nitrogen and oxygen atoms in total. The Morgan fingerprint density at radius 1 is 1.14 bits per heavy atom. The van der Waals surface area contributed by atoms with Crippen LogP contribution < -0.4 is 10.2 Å². The Morgan fingerprint density at radius 2 is 1.92 bits per heavy atom. The smallest absolute Gasteiger partial charge is 0.416 e. The number of amides is 3. The van der Waals surface area contributed by atoms with Crippen molar-refractivity contribution in [2.45, 2.75) is 70.9 Å². The second-order valence-electron chi connectivity index (χ2n) is 10.9. The number of thiazole rings is 1. The van der Waals surface area contributed by atoms with E-state index in [2.05, 4.69) is 10.3 Å². The molecule has 1 aromatic heterocycles. The van der Waals surface area contributed by atoms with Gasteiger partial charge in [0.1, 0.15) is 18.2 Å². The standard InChI is InChI=1S/C26H34N4O5S/c1-26(2,3)35-25(33)29-12-11-18(16-7-5-4-6-8-16)21(29)22(31)27-17-9-10-19-20(15-17)36-23(28-19)30-13-14-34-24(30)32/h9-10,15-16,18,21H,4-8,11-14H2,1-3H3,(H,27,31)/t18-,21-/m0/s1. The Bertz CT molecular complexity index is 1150. The number of anilines is 2. The Labute approximate surface area is 215 Å². The third-order valence-electron chi connectivity index (χ3n) is 7.23. The van der Waals surface area contributed by atoms with Crippen molar-refractivity contribution in [3.63, 3.8) is 0 Å². The molecule has 0 spiro atoms. The molecule has 194 valence electrons. The average molecular weight is 515 g/mol. The van der Waals surface area contributed by atoms with E-state index in [9.17, 15) is 14.4 Å². The molecule has 1 aliphatic carbocycles. The quantitative estimate of drug-likeness (QED) is 0.587. The van der Waals surface area contributed by atoms with Crippen LogP contribution in [0.2, 0.25) is 0 Å². The van der Waals surface area contributed by atoms with E-state index in [1.807, 2.05) is 39.0 Å². The van der Waals surface area contributed by atoms with Crippen molar-refractivity contribution in [2.24, 2.45) is 11.8 Å². The van der Waals surface area contributed by atoms with Crippen molar-refractivity contribution >= 4 is 50.5 Å². The fourth-order valence-electron chi connectivity index (χ4n) is 5.62. The second kappa shape index (κ2) is 9.88. The van der Waals surface area contributed by atoms with Crippen molar-refractivity contribution in [3.8, 4) is 0 Å². The first-order valence-electron chi connectivity index (χ1n) is 12.8. The summed E-state index contributed by atoms with van der Waals surface area (Å²) in [7, 11) is 0. The van der Waals surface area contributed by atoms with Gasteiger partial charge in [-0.1, -0.05) is 43.4 Å². The van der Waals surface area contributed by atoms with Crippen molar-refractivity contribution in [2.75, 3.05) is 29.9 Å². The maximum Gasteiger partial charge on any atom is 0.416 e. The normalized spacial score (nSPS) is 23.2. The first-order valence-corrected chi connectivity index (χ1v) is 13.7. The lowest BCUT2D eigenvalue weighted by molar-refractivity contribution is -0.122. The number of ether oxygens (including phenoxy) is 2. The number of hydrogen-bond donors (Lipinski definition) is 1. The van der Waals surface area contributed by atoms with Gasteiger partial charge in [0.15, 0.2) is 5.13 Å². The molecule has 2 aromatic rings. The Hall–Kier alpha value is -2.88. The number of nitrogens with zero attached hydrogens (tertiary/aromatic N) is 3. The predicted octanol–water partition coefficient (Wildman–Crippen LogP) is 5.40. The highest BCUT2D eigenvalue weighted by molar-refractivity contribution is 7.22. The molecule has 0 unspecified atom stereocenters. The van der Waals surface area contributed by atoms with Gasteiger partial charge in [-0.05, 0) is 57.2 Å². The maximum absolute atomic E-state index is 13.7. The predicted molar refractivity (Wildman–Crippen MR) is 138 cm³/mol. The molecule has 3 fully saturated rings. The highest BCUT2D eigenvalue weighted by atomic mass is 32.1. The van der Waals surface area contributed by atoms with Crippen LogP contribution in [-0.2, 0) is 14.3 Å². The number of hydrogen-bond acceptors (Lipinski definition) is 7. The van der Waals surface area contributed by atoms with Gasteiger partial charge in [0.25, 0.3) is 0 Å². The molecule has 1 N–H and O–H groups in total. The van der Waals surface area contributed by atoms with Crippen molar-refractivity contribution in [1.29, 1.82) is 0 Å². The minimum Gasteiger partial charge on any atom is -0.447 e. The number of nitrogens with one attached hydrogen (secondary N) is 1. The zero-order valence-electron chi connectivity index (χ0n) is 21.1. The monoisotopic (exact) mass is 514 g/mol. The van der Waals surface area contributed by atoms with Crippen molar-refractivity contribution in [3.05, 3.63) is 18.2 Å². The molecule has 1 saturated carbocycles. The summed E-state index contributed by atoms with van der Waals surface area (Å²) in [5, 5.41) is 3.65. The van der Waals surface area contributed by atoms with E-state index in [0.29, 0.717) is 36.4 Å². The van der Waals surface area contributed by atoms with Gasteiger partial charge in [0.05, 0.1) is 16.8 Å². The summed E-state index contributed by atoms with van der Waals surface area (Å²) in [5.74, 6) is 0.382. The molecule has 2 saturated heterocycles. The SMILES string of the molecule is CC(C)(C)OC(=O)N1CC[C@@H](C2CCCCC2)[C@H]1C(=O)Nc1ccc2nc(N3CCOC3=O)sc2c1. The fraction of sp³-hybridized carbons (Fsp3) is 0.615. The van der Waals surface area contributed by atoms with E-state index >= 15 is 0 Å². The van der Waals surface area contributed by atoms with Crippen molar-refractivity contribution in [1.82, 2.24) is 9.88 Å². The van der Waals surface area contributed by atoms with Gasteiger partial charge in [-0.3, -0.25) is 9.69 Å². The highest BCUT2D eigenvalue weighted by Gasteiger charge is 2.46. The van der Waals surface area contributed by atoms with E-state index in [-0.39, 0.29) is 17.9 Å². The number of aromatic nitrogens is 1. The van der Waals surface area contributed by atoms with Crippen LogP contribution in [0.5, 0.6) is 0 Å². The molecule has 3 amide bonds. The summed E-state index contributed by atoms with van der Waals surface area (Å²) in [6.07, 6.45) is 5.79. The molecular formula is C26H34N4O5S. The summed E-state index contributed by atoms with van der Waals surface area (Å²) in [6.45, 7) is 6.89. The maximum atomic E-state index is 13.7. The first-order chi connectivity index (χ1) is 17.2. The van der Waals surface area contributed by atoms with E-state index in [0.717, 1.165) is 29.5 Å². The Balaban J connectivity index is 1.37. The fourth-order valence-corrected chi connectivity index (χ4v) is 6.64. The van der Waals surface area contributed by atoms with Gasteiger partial charge in [-0.2, -0.15) is 0 Å². The molecule has 3 aliphatic rings. The number of benzene rings is 1. The third kappa shape index (κ3) is 5.14. The van der Waals surface area contributed by atoms with E-state index in [1.165, 1.54) is 35.5 Å². The summed E-state index contributed by atoms with van der Waals surface area (Å²) in [6, 6.07) is 4.97. The van der Waals surface area contributed by atoms with Crippen LogP contribution >= 0.6 is 11.3 Å². The summed E-state index contributed by atoms with van der Waals surface area (Å²) >= 11 is 1.39. The highest BCUT2D eigenvalue weighted by Crippen LogP contribution is 2.40. The molecule has 0 bridgehead atoms. The molecule has 1 aromatic carbocycles. The number of carbonyl (C=O) groups excluding carboxylic acids is 3. The van der Waals surface area contributed by atoms with Crippen LogP contribution in [0, 0.1) is 11.8 Å². The Kier molecular flexibility index (Phi) is 6.80. The molecule has 10 heteroatoms. The largest absolute Gasteiger partial charge is 0.447 e. The molecule has 0 radical (unpaired) electrons. The van der Waals surface area contributed by atoms with Crippen LogP contribution in [0.25, 0.3) is 10.2 Å². The van der Waals surface area contributed by atoms with Gasteiger partial charge < -0.3 is 14.8 Å². The molecule has 5 rings (SSSR count). The minimum absolute atomic E-state index is 0.123. The lowest BCUT2D eigenvalue weighted by Crippen LogP contribution is -2.49. The molecule has 36 heavy (non-hydrogen) atoms. The number of carbonyl (C=O) groups is 3. The zero-order valence-corrected chi connectivity index (χ0v) is 21.9. The van der Waals surface area contributed by atoms with Crippen LogP contribution in [0.15, 0.2) is 18.2 Å². The van der Waals surface area contributed by atoms with Crippen LogP contribution in [0.3, 0.4) is 0 Å². The van der Waals surface area contributed by atoms with Gasteiger partial charge in [-0.15, -0.1) is 0 Å². The number of rotatable bonds is 4. The molecule has 2 atom stereocenters. The van der Waals surface area contributed by atoms with E-state index in [1.54, 1.807) is 4.90 Å². The Morgan fingerprint density at radius 3 is 2.61 bits per heavy atom. The summed E-state index contributed by atoms with van der Waals surface area (Å²) < 4.78 is 11.5. The second-order valence-corrected chi connectivity index (χ2v) is 11.9. The van der Waals surface area contributed by atoms with Crippen LogP contribution in [-0.4, -0.2) is 59.3 Å². The van der Waals surface area contributed by atoms with Crippen LogP contribution in [0.1, 0.15) is 59.3 Å². The first kappa shape index (κ1) is 24.8. The van der Waals surface area contributed by atoms with Crippen molar-refractivity contribution < 1.29 is 23.9 Å². The number of fused-ring (bicyclic) bond motifs is 1. The lowest BCUT2D eigenvalue weighted by atomic mass is 9.76. The lowest BCUT2D eigenvalue weighted by Gasteiger charge is -2.34. The summed E-state index contributed by atoms with van der Waals surface area (Å²) in [5.41, 5.74) is 0.770. The molecule has 2 aliphatic heterocycles. The topological polar surface area (TPSA) is 101 Å². The molecular weight excluding hydrogens is 480 g/mol. The van der Waals surface area contributed by atoms with Gasteiger partial charge in [0, 0.05) is 12.2 Å². The summed E-state index contributed by atoms with van der Waals surface area (Å²) in [4.78, 5) is 46.4. The minimum atomic E-state index is -0.627. The average Bonchev–Trinajstić information content (AvgIpc) is 3.55. The van der Waals surface area contributed by atoms with Gasteiger partial charge >= 0.3 is 12.2 Å². The zero-order chi connectivity index (χ0) is 25.4. The number of likely N-dealkylation sites (tertiary alicyclic amines) is 1. The third-order valence-corrected chi connectivity index (χ3v) is 8.27.